The van der Waals surface area contributed by atoms with Crippen LogP contribution < -0.4 is 5.73 Å². The second kappa shape index (κ2) is 4.86. The number of ether oxygens (including phenoxy) is 1. The fraction of sp³-hybridized carbons (Fsp3) is 0.500. The van der Waals surface area contributed by atoms with Crippen molar-refractivity contribution < 1.29 is 4.74 Å². The van der Waals surface area contributed by atoms with E-state index in [-0.39, 0.29) is 0 Å². The maximum absolute atomic E-state index is 5.98. The number of para-hydroxylation sites is 1. The fourth-order valence-corrected chi connectivity index (χ4v) is 2.23. The third kappa shape index (κ3) is 2.64. The van der Waals surface area contributed by atoms with Gasteiger partial charge in [-0.15, -0.1) is 0 Å². The number of rotatable bonds is 2. The molecule has 0 saturated carbocycles. The van der Waals surface area contributed by atoms with Gasteiger partial charge in [-0.1, -0.05) is 23.7 Å². The average molecular weight is 226 g/mol. The molecular formula is C12H16ClNO. The molecule has 15 heavy (non-hydrogen) atoms. The number of nitrogens with two attached hydrogens (primary N) is 1. The molecule has 2 nitrogen and oxygen atoms in total. The second-order valence-corrected chi connectivity index (χ2v) is 4.51. The SMILES string of the molecule is Nc1c(Cl)cccc1CC1CCCOC1. The first-order valence-electron chi connectivity index (χ1n) is 5.38. The Balaban J connectivity index is 2.06. The van der Waals surface area contributed by atoms with Crippen LogP contribution in [0.1, 0.15) is 18.4 Å². The molecule has 3 heteroatoms. The van der Waals surface area contributed by atoms with E-state index in [1.807, 2.05) is 12.1 Å². The van der Waals surface area contributed by atoms with Crippen LogP contribution in [0.15, 0.2) is 18.2 Å². The predicted molar refractivity (Wildman–Crippen MR) is 63.1 cm³/mol. The van der Waals surface area contributed by atoms with Crippen LogP contribution in [0.2, 0.25) is 5.02 Å². The first-order valence-corrected chi connectivity index (χ1v) is 5.76. The topological polar surface area (TPSA) is 35.2 Å². The highest BCUT2D eigenvalue weighted by atomic mass is 35.5. The summed E-state index contributed by atoms with van der Waals surface area (Å²) in [6, 6.07) is 5.84. The van der Waals surface area contributed by atoms with E-state index in [1.54, 1.807) is 0 Å². The number of halogens is 1. The van der Waals surface area contributed by atoms with Gasteiger partial charge in [-0.3, -0.25) is 0 Å². The first kappa shape index (κ1) is 10.8. The minimum Gasteiger partial charge on any atom is -0.397 e. The molecule has 0 amide bonds. The summed E-state index contributed by atoms with van der Waals surface area (Å²) in [4.78, 5) is 0. The summed E-state index contributed by atoms with van der Waals surface area (Å²) < 4.78 is 5.45. The van der Waals surface area contributed by atoms with E-state index in [0.29, 0.717) is 10.9 Å². The Morgan fingerprint density at radius 3 is 3.07 bits per heavy atom. The van der Waals surface area contributed by atoms with E-state index in [0.717, 1.165) is 37.3 Å². The Kier molecular flexibility index (Phi) is 3.49. The monoisotopic (exact) mass is 225 g/mol. The number of benzene rings is 1. The van der Waals surface area contributed by atoms with Crippen LogP contribution in [0, 0.1) is 5.92 Å². The normalized spacial score (nSPS) is 21.5. The summed E-state index contributed by atoms with van der Waals surface area (Å²) in [5.41, 5.74) is 7.80. The van der Waals surface area contributed by atoms with Crippen LogP contribution in [0.5, 0.6) is 0 Å². The molecule has 2 rings (SSSR count). The van der Waals surface area contributed by atoms with Crippen molar-refractivity contribution in [2.45, 2.75) is 19.3 Å². The molecular weight excluding hydrogens is 210 g/mol. The summed E-state index contributed by atoms with van der Waals surface area (Å²) in [5, 5.41) is 0.657. The average Bonchev–Trinajstić information content (AvgIpc) is 2.26. The van der Waals surface area contributed by atoms with Gasteiger partial charge >= 0.3 is 0 Å². The molecule has 1 unspecified atom stereocenters. The Hall–Kier alpha value is -0.730. The lowest BCUT2D eigenvalue weighted by Crippen LogP contribution is -2.19. The molecule has 1 heterocycles. The third-order valence-corrected chi connectivity index (χ3v) is 3.24. The summed E-state index contributed by atoms with van der Waals surface area (Å²) >= 11 is 5.98. The molecule has 1 aliphatic heterocycles. The van der Waals surface area contributed by atoms with E-state index in [1.165, 1.54) is 6.42 Å². The molecule has 0 radical (unpaired) electrons. The quantitative estimate of drug-likeness (QED) is 0.786. The standard InChI is InChI=1S/C12H16ClNO/c13-11-5-1-4-10(12(11)14)7-9-3-2-6-15-8-9/h1,4-5,9H,2-3,6-8,14H2. The van der Waals surface area contributed by atoms with Gasteiger partial charge in [-0.25, -0.2) is 0 Å². The molecule has 0 spiro atoms. The predicted octanol–water partition coefficient (Wildman–Crippen LogP) is 2.89. The van der Waals surface area contributed by atoms with Crippen LogP contribution in [0.4, 0.5) is 5.69 Å². The van der Waals surface area contributed by atoms with Crippen molar-refractivity contribution in [3.63, 3.8) is 0 Å². The van der Waals surface area contributed by atoms with Gasteiger partial charge in [-0.05, 0) is 36.8 Å². The summed E-state index contributed by atoms with van der Waals surface area (Å²) in [6.07, 6.45) is 3.36. The van der Waals surface area contributed by atoms with Crippen molar-refractivity contribution in [2.75, 3.05) is 18.9 Å². The maximum atomic E-state index is 5.98. The zero-order valence-electron chi connectivity index (χ0n) is 8.71. The van der Waals surface area contributed by atoms with Crippen LogP contribution in [0.25, 0.3) is 0 Å². The zero-order valence-corrected chi connectivity index (χ0v) is 9.46. The lowest BCUT2D eigenvalue weighted by Gasteiger charge is -2.22. The largest absolute Gasteiger partial charge is 0.397 e. The Labute approximate surface area is 95.4 Å². The lowest BCUT2D eigenvalue weighted by atomic mass is 9.93. The number of hydrogen-bond donors (Lipinski definition) is 1. The number of anilines is 1. The summed E-state index contributed by atoms with van der Waals surface area (Å²) in [5.74, 6) is 0.597. The fourth-order valence-electron chi connectivity index (χ4n) is 2.04. The summed E-state index contributed by atoms with van der Waals surface area (Å²) in [7, 11) is 0. The smallest absolute Gasteiger partial charge is 0.0638 e. The van der Waals surface area contributed by atoms with Crippen molar-refractivity contribution in [1.82, 2.24) is 0 Å². The Morgan fingerprint density at radius 2 is 2.33 bits per heavy atom. The van der Waals surface area contributed by atoms with E-state index in [4.69, 9.17) is 22.1 Å². The highest BCUT2D eigenvalue weighted by Gasteiger charge is 2.16. The molecule has 1 aromatic carbocycles. The molecule has 1 fully saturated rings. The van der Waals surface area contributed by atoms with Gasteiger partial charge in [0.2, 0.25) is 0 Å². The van der Waals surface area contributed by atoms with Crippen LogP contribution in [0.3, 0.4) is 0 Å². The number of nitrogen functional groups attached to an aromatic ring is 1. The van der Waals surface area contributed by atoms with Crippen LogP contribution in [-0.4, -0.2) is 13.2 Å². The minimum absolute atomic E-state index is 0.597. The van der Waals surface area contributed by atoms with Crippen molar-refractivity contribution in [1.29, 1.82) is 0 Å². The van der Waals surface area contributed by atoms with Crippen molar-refractivity contribution in [3.05, 3.63) is 28.8 Å². The highest BCUT2D eigenvalue weighted by Crippen LogP contribution is 2.27. The second-order valence-electron chi connectivity index (χ2n) is 4.10. The van der Waals surface area contributed by atoms with Crippen molar-refractivity contribution in [3.8, 4) is 0 Å². The van der Waals surface area contributed by atoms with Gasteiger partial charge in [0.25, 0.3) is 0 Å². The van der Waals surface area contributed by atoms with Gasteiger partial charge in [0.15, 0.2) is 0 Å². The molecule has 1 saturated heterocycles. The third-order valence-electron chi connectivity index (χ3n) is 2.91. The van der Waals surface area contributed by atoms with E-state index < -0.39 is 0 Å². The number of hydrogen-bond acceptors (Lipinski definition) is 2. The van der Waals surface area contributed by atoms with Gasteiger partial charge < -0.3 is 10.5 Å². The van der Waals surface area contributed by atoms with Crippen LogP contribution in [-0.2, 0) is 11.2 Å². The minimum atomic E-state index is 0.597. The lowest BCUT2D eigenvalue weighted by molar-refractivity contribution is 0.0551. The van der Waals surface area contributed by atoms with E-state index >= 15 is 0 Å². The summed E-state index contributed by atoms with van der Waals surface area (Å²) in [6.45, 7) is 1.76. The Morgan fingerprint density at radius 1 is 1.47 bits per heavy atom. The van der Waals surface area contributed by atoms with Crippen LogP contribution >= 0.6 is 11.6 Å². The zero-order chi connectivity index (χ0) is 10.7. The van der Waals surface area contributed by atoms with Gasteiger partial charge in [-0.2, -0.15) is 0 Å². The molecule has 1 aliphatic rings. The first-order chi connectivity index (χ1) is 7.27. The molecule has 2 N–H and O–H groups in total. The van der Waals surface area contributed by atoms with Crippen molar-refractivity contribution >= 4 is 17.3 Å². The highest BCUT2D eigenvalue weighted by molar-refractivity contribution is 6.33. The Bertz CT molecular complexity index is 334. The molecule has 1 atom stereocenters. The van der Waals surface area contributed by atoms with Gasteiger partial charge in [0.05, 0.1) is 10.7 Å². The van der Waals surface area contributed by atoms with Gasteiger partial charge in [0, 0.05) is 13.2 Å². The molecule has 0 bridgehead atoms. The molecule has 0 aromatic heterocycles. The van der Waals surface area contributed by atoms with Gasteiger partial charge in [0.1, 0.15) is 0 Å². The maximum Gasteiger partial charge on any atom is 0.0638 e. The van der Waals surface area contributed by atoms with Crippen molar-refractivity contribution in [2.24, 2.45) is 5.92 Å². The molecule has 82 valence electrons. The van der Waals surface area contributed by atoms with E-state index in [2.05, 4.69) is 6.07 Å². The molecule has 0 aliphatic carbocycles. The molecule has 1 aromatic rings. The van der Waals surface area contributed by atoms with E-state index in [9.17, 15) is 0 Å².